The van der Waals surface area contributed by atoms with Gasteiger partial charge in [-0.3, -0.25) is 9.52 Å². The Morgan fingerprint density at radius 1 is 1.14 bits per heavy atom. The fourth-order valence-corrected chi connectivity index (χ4v) is 2.72. The second-order valence-electron chi connectivity index (χ2n) is 4.23. The minimum absolute atomic E-state index is 0.161. The molecule has 21 heavy (non-hydrogen) atoms. The van der Waals surface area contributed by atoms with Crippen molar-refractivity contribution in [3.05, 3.63) is 53.8 Å². The number of halogens is 1. The number of hydrogen-bond acceptors (Lipinski definition) is 4. The number of rotatable bonds is 4. The van der Waals surface area contributed by atoms with Crippen LogP contribution in [0, 0.1) is 5.82 Å². The number of hydrogen-bond donors (Lipinski definition) is 3. The summed E-state index contributed by atoms with van der Waals surface area (Å²) in [5, 5.41) is 0. The van der Waals surface area contributed by atoms with E-state index >= 15 is 0 Å². The van der Waals surface area contributed by atoms with E-state index in [4.69, 9.17) is 11.5 Å². The monoisotopic (exact) mass is 309 g/mol. The number of nitrogens with one attached hydrogen (secondary N) is 1. The van der Waals surface area contributed by atoms with Crippen molar-refractivity contribution < 1.29 is 17.6 Å². The maximum Gasteiger partial charge on any atom is 0.261 e. The lowest BCUT2D eigenvalue weighted by molar-refractivity contribution is 0.100. The third-order valence-corrected chi connectivity index (χ3v) is 4.06. The molecule has 5 N–H and O–H groups in total. The number of sulfonamides is 1. The van der Waals surface area contributed by atoms with E-state index in [1.54, 1.807) is 0 Å². The van der Waals surface area contributed by atoms with Gasteiger partial charge in [0.15, 0.2) is 0 Å². The van der Waals surface area contributed by atoms with Crippen molar-refractivity contribution in [2.45, 2.75) is 4.90 Å². The molecule has 0 radical (unpaired) electrons. The lowest BCUT2D eigenvalue weighted by atomic mass is 10.2. The molecule has 0 saturated carbocycles. The number of benzene rings is 2. The highest BCUT2D eigenvalue weighted by Crippen LogP contribution is 2.20. The van der Waals surface area contributed by atoms with Gasteiger partial charge in [-0.15, -0.1) is 0 Å². The molecule has 6 nitrogen and oxygen atoms in total. The van der Waals surface area contributed by atoms with Crippen LogP contribution in [-0.4, -0.2) is 14.3 Å². The molecule has 0 bridgehead atoms. The Labute approximate surface area is 120 Å². The molecule has 0 aliphatic heterocycles. The summed E-state index contributed by atoms with van der Waals surface area (Å²) >= 11 is 0. The Morgan fingerprint density at radius 2 is 1.86 bits per heavy atom. The van der Waals surface area contributed by atoms with Gasteiger partial charge < -0.3 is 11.5 Å². The fourth-order valence-electron chi connectivity index (χ4n) is 1.64. The summed E-state index contributed by atoms with van der Waals surface area (Å²) in [5.41, 5.74) is 10.5. The number of anilines is 2. The molecule has 110 valence electrons. The number of carbonyl (C=O) groups is 1. The summed E-state index contributed by atoms with van der Waals surface area (Å²) in [6, 6.07) is 8.75. The van der Waals surface area contributed by atoms with Gasteiger partial charge in [-0.1, -0.05) is 6.07 Å². The zero-order valence-corrected chi connectivity index (χ0v) is 11.5. The molecule has 0 heterocycles. The van der Waals surface area contributed by atoms with Gasteiger partial charge in [0, 0.05) is 11.3 Å². The normalized spacial score (nSPS) is 11.1. The molecule has 1 amide bonds. The second kappa shape index (κ2) is 5.41. The Balaban J connectivity index is 2.35. The molecule has 0 aliphatic carbocycles. The number of nitrogen functional groups attached to an aromatic ring is 1. The van der Waals surface area contributed by atoms with Crippen molar-refractivity contribution in [2.75, 3.05) is 10.5 Å². The lowest BCUT2D eigenvalue weighted by Crippen LogP contribution is -2.15. The van der Waals surface area contributed by atoms with Crippen LogP contribution in [-0.2, 0) is 10.0 Å². The van der Waals surface area contributed by atoms with Crippen LogP contribution in [0.4, 0.5) is 15.8 Å². The van der Waals surface area contributed by atoms with Crippen LogP contribution >= 0.6 is 0 Å². The predicted octanol–water partition coefficient (Wildman–Crippen LogP) is 1.31. The lowest BCUT2D eigenvalue weighted by Gasteiger charge is -2.09. The molecule has 2 aromatic carbocycles. The van der Waals surface area contributed by atoms with Gasteiger partial charge in [-0.2, -0.15) is 0 Å². The summed E-state index contributed by atoms with van der Waals surface area (Å²) in [6.07, 6.45) is 0. The van der Waals surface area contributed by atoms with Crippen molar-refractivity contribution in [3.63, 3.8) is 0 Å². The molecule has 8 heteroatoms. The molecular weight excluding hydrogens is 297 g/mol. The minimum atomic E-state index is -3.94. The maximum atomic E-state index is 13.1. The molecule has 0 aliphatic rings. The van der Waals surface area contributed by atoms with E-state index in [1.165, 1.54) is 24.3 Å². The number of amides is 1. The van der Waals surface area contributed by atoms with E-state index in [0.29, 0.717) is 0 Å². The van der Waals surface area contributed by atoms with Crippen molar-refractivity contribution in [2.24, 2.45) is 5.73 Å². The number of carbonyl (C=O) groups excluding carboxylic acids is 1. The average Bonchev–Trinajstić information content (AvgIpc) is 2.41. The van der Waals surface area contributed by atoms with E-state index in [-0.39, 0.29) is 21.8 Å². The van der Waals surface area contributed by atoms with Gasteiger partial charge >= 0.3 is 0 Å². The van der Waals surface area contributed by atoms with E-state index < -0.39 is 21.7 Å². The number of nitrogens with two attached hydrogens (primary N) is 2. The first-order valence-corrected chi connectivity index (χ1v) is 7.25. The van der Waals surface area contributed by atoms with Crippen molar-refractivity contribution in [1.82, 2.24) is 0 Å². The third-order valence-electron chi connectivity index (χ3n) is 2.68. The topological polar surface area (TPSA) is 115 Å². The SMILES string of the molecule is NC(=O)c1cccc(NS(=O)(=O)c2ccc(F)c(N)c2)c1. The van der Waals surface area contributed by atoms with Crippen molar-refractivity contribution in [1.29, 1.82) is 0 Å². The van der Waals surface area contributed by atoms with Crippen LogP contribution in [0.3, 0.4) is 0 Å². The van der Waals surface area contributed by atoms with Crippen LogP contribution < -0.4 is 16.2 Å². The second-order valence-corrected chi connectivity index (χ2v) is 5.92. The van der Waals surface area contributed by atoms with Crippen LogP contribution in [0.15, 0.2) is 47.4 Å². The Kier molecular flexibility index (Phi) is 3.81. The summed E-state index contributed by atoms with van der Waals surface area (Å²) in [7, 11) is -3.94. The molecule has 0 atom stereocenters. The summed E-state index contributed by atoms with van der Waals surface area (Å²) < 4.78 is 39.6. The Hall–Kier alpha value is -2.61. The third kappa shape index (κ3) is 3.29. The van der Waals surface area contributed by atoms with Gasteiger partial charge in [-0.25, -0.2) is 12.8 Å². The van der Waals surface area contributed by atoms with E-state index in [2.05, 4.69) is 4.72 Å². The molecular formula is C13H12FN3O3S. The van der Waals surface area contributed by atoms with Gasteiger partial charge in [0.25, 0.3) is 10.0 Å². The first kappa shape index (κ1) is 14.8. The first-order chi connectivity index (χ1) is 9.79. The summed E-state index contributed by atoms with van der Waals surface area (Å²) in [6.45, 7) is 0. The highest BCUT2D eigenvalue weighted by atomic mass is 32.2. The smallest absolute Gasteiger partial charge is 0.261 e. The molecule has 0 saturated heterocycles. The molecule has 2 aromatic rings. The quantitative estimate of drug-likeness (QED) is 0.738. The molecule has 0 fully saturated rings. The summed E-state index contributed by atoms with van der Waals surface area (Å²) in [5.74, 6) is -1.38. The van der Waals surface area contributed by atoms with Crippen LogP contribution in [0.25, 0.3) is 0 Å². The van der Waals surface area contributed by atoms with Crippen LogP contribution in [0.2, 0.25) is 0 Å². The van der Waals surface area contributed by atoms with Crippen molar-refractivity contribution in [3.8, 4) is 0 Å². The fraction of sp³-hybridized carbons (Fsp3) is 0. The van der Waals surface area contributed by atoms with E-state index in [9.17, 15) is 17.6 Å². The maximum absolute atomic E-state index is 13.1. The molecule has 0 unspecified atom stereocenters. The van der Waals surface area contributed by atoms with Crippen LogP contribution in [0.1, 0.15) is 10.4 Å². The minimum Gasteiger partial charge on any atom is -0.396 e. The zero-order valence-electron chi connectivity index (χ0n) is 10.7. The Morgan fingerprint density at radius 3 is 2.48 bits per heavy atom. The average molecular weight is 309 g/mol. The summed E-state index contributed by atoms with van der Waals surface area (Å²) in [4.78, 5) is 10.9. The van der Waals surface area contributed by atoms with Gasteiger partial charge in [0.2, 0.25) is 5.91 Å². The van der Waals surface area contributed by atoms with Gasteiger partial charge in [0.1, 0.15) is 5.82 Å². The van der Waals surface area contributed by atoms with Gasteiger partial charge in [-0.05, 0) is 36.4 Å². The standard InChI is InChI=1S/C13H12FN3O3S/c14-11-5-4-10(7-12(11)15)21(19,20)17-9-3-1-2-8(6-9)13(16)18/h1-7,17H,15H2,(H2,16,18). The highest BCUT2D eigenvalue weighted by Gasteiger charge is 2.16. The number of primary amides is 1. The predicted molar refractivity (Wildman–Crippen MR) is 76.6 cm³/mol. The molecule has 0 spiro atoms. The van der Waals surface area contributed by atoms with E-state index in [1.807, 2.05) is 0 Å². The largest absolute Gasteiger partial charge is 0.396 e. The zero-order chi connectivity index (χ0) is 15.6. The van der Waals surface area contributed by atoms with Gasteiger partial charge in [0.05, 0.1) is 10.6 Å². The Bertz CT molecular complexity index is 806. The van der Waals surface area contributed by atoms with Crippen molar-refractivity contribution >= 4 is 27.3 Å². The molecule has 0 aromatic heterocycles. The first-order valence-electron chi connectivity index (χ1n) is 5.77. The van der Waals surface area contributed by atoms with Crippen LogP contribution in [0.5, 0.6) is 0 Å². The highest BCUT2D eigenvalue weighted by molar-refractivity contribution is 7.92. The van der Waals surface area contributed by atoms with E-state index in [0.717, 1.165) is 18.2 Å². The molecule has 2 rings (SSSR count).